The minimum atomic E-state index is 0.286. The average Bonchev–Trinajstić information content (AvgIpc) is 2.35. The van der Waals surface area contributed by atoms with Crippen LogP contribution in [-0.4, -0.2) is 34.7 Å². The number of rotatable bonds is 4. The zero-order chi connectivity index (χ0) is 12.3. The third kappa shape index (κ3) is 3.05. The monoisotopic (exact) mass is 234 g/mol. The molecule has 2 heterocycles. The number of hydrogen-bond acceptors (Lipinski definition) is 3. The van der Waals surface area contributed by atoms with Gasteiger partial charge in [-0.25, -0.2) is 0 Å². The molecule has 0 unspecified atom stereocenters. The van der Waals surface area contributed by atoms with Crippen molar-refractivity contribution in [3.8, 4) is 0 Å². The lowest BCUT2D eigenvalue weighted by molar-refractivity contribution is 0.211. The molecule has 0 bridgehead atoms. The summed E-state index contributed by atoms with van der Waals surface area (Å²) in [6.07, 6.45) is 1.91. The summed E-state index contributed by atoms with van der Waals surface area (Å²) in [6.45, 7) is 7.70. The maximum atomic E-state index is 8.85. The molecule has 0 atom stereocenters. The van der Waals surface area contributed by atoms with Crippen LogP contribution in [0.1, 0.15) is 43.1 Å². The third-order valence-electron chi connectivity index (χ3n) is 3.37. The summed E-state index contributed by atoms with van der Waals surface area (Å²) in [5.41, 5.74) is 3.84. The highest BCUT2D eigenvalue weighted by Crippen LogP contribution is 2.20. The first-order valence-electron chi connectivity index (χ1n) is 6.52. The molecule has 1 aromatic heterocycles. The molecule has 0 aromatic carbocycles. The van der Waals surface area contributed by atoms with Crippen molar-refractivity contribution in [2.45, 2.75) is 39.2 Å². The molecule has 94 valence electrons. The normalized spacial score (nSPS) is 16.2. The molecule has 0 saturated heterocycles. The standard InChI is InChI=1S/C14H22N2O/c1-11(2)13-5-4-12-10-16(7-3-9-17)8-6-14(12)15-13/h4-5,11,17H,3,6-10H2,1-2H3. The van der Waals surface area contributed by atoms with Gasteiger partial charge in [-0.15, -0.1) is 0 Å². The SMILES string of the molecule is CC(C)c1ccc2c(n1)CCN(CCCO)C2. The van der Waals surface area contributed by atoms with Gasteiger partial charge in [-0.3, -0.25) is 9.88 Å². The third-order valence-corrected chi connectivity index (χ3v) is 3.37. The first-order valence-corrected chi connectivity index (χ1v) is 6.52. The van der Waals surface area contributed by atoms with Crippen molar-refractivity contribution in [2.24, 2.45) is 0 Å². The van der Waals surface area contributed by atoms with Gasteiger partial charge >= 0.3 is 0 Å². The summed E-state index contributed by atoms with van der Waals surface area (Å²) >= 11 is 0. The van der Waals surface area contributed by atoms with Crippen LogP contribution in [0.2, 0.25) is 0 Å². The van der Waals surface area contributed by atoms with E-state index in [1.165, 1.54) is 17.0 Å². The second-order valence-corrected chi connectivity index (χ2v) is 5.10. The zero-order valence-corrected chi connectivity index (χ0v) is 10.8. The molecule has 1 N–H and O–H groups in total. The number of hydrogen-bond donors (Lipinski definition) is 1. The van der Waals surface area contributed by atoms with E-state index in [1.54, 1.807) is 0 Å². The van der Waals surface area contributed by atoms with Crippen LogP contribution in [-0.2, 0) is 13.0 Å². The Labute approximate surface area is 103 Å². The highest BCUT2D eigenvalue weighted by Gasteiger charge is 2.17. The van der Waals surface area contributed by atoms with E-state index >= 15 is 0 Å². The Kier molecular flexibility index (Phi) is 4.13. The van der Waals surface area contributed by atoms with Gasteiger partial charge in [-0.2, -0.15) is 0 Å². The van der Waals surface area contributed by atoms with Gasteiger partial charge in [0.1, 0.15) is 0 Å². The van der Waals surface area contributed by atoms with E-state index in [4.69, 9.17) is 10.1 Å². The summed E-state index contributed by atoms with van der Waals surface area (Å²) in [4.78, 5) is 7.15. The summed E-state index contributed by atoms with van der Waals surface area (Å²) in [5, 5.41) is 8.85. The van der Waals surface area contributed by atoms with Gasteiger partial charge in [0, 0.05) is 44.0 Å². The fraction of sp³-hybridized carbons (Fsp3) is 0.643. The predicted molar refractivity (Wildman–Crippen MR) is 69.0 cm³/mol. The molecule has 0 radical (unpaired) electrons. The van der Waals surface area contributed by atoms with Gasteiger partial charge in [0.2, 0.25) is 0 Å². The molecule has 0 amide bonds. The molecular formula is C14H22N2O. The van der Waals surface area contributed by atoms with E-state index in [1.807, 2.05) is 0 Å². The van der Waals surface area contributed by atoms with Crippen LogP contribution in [0.25, 0.3) is 0 Å². The molecule has 0 fully saturated rings. The molecule has 1 aliphatic heterocycles. The fourth-order valence-corrected chi connectivity index (χ4v) is 2.30. The summed E-state index contributed by atoms with van der Waals surface area (Å²) < 4.78 is 0. The van der Waals surface area contributed by atoms with Crippen molar-refractivity contribution in [1.82, 2.24) is 9.88 Å². The van der Waals surface area contributed by atoms with Gasteiger partial charge in [-0.1, -0.05) is 19.9 Å². The van der Waals surface area contributed by atoms with Crippen LogP contribution in [0.3, 0.4) is 0 Å². The van der Waals surface area contributed by atoms with Crippen LogP contribution in [0.15, 0.2) is 12.1 Å². The van der Waals surface area contributed by atoms with E-state index in [0.717, 1.165) is 32.5 Å². The number of aromatic nitrogens is 1. The quantitative estimate of drug-likeness (QED) is 0.865. The number of nitrogens with zero attached hydrogens (tertiary/aromatic N) is 2. The van der Waals surface area contributed by atoms with E-state index in [2.05, 4.69) is 30.9 Å². The highest BCUT2D eigenvalue weighted by molar-refractivity contribution is 5.26. The molecular weight excluding hydrogens is 212 g/mol. The van der Waals surface area contributed by atoms with Crippen LogP contribution in [0.4, 0.5) is 0 Å². The number of aliphatic hydroxyl groups excluding tert-OH is 1. The predicted octanol–water partition coefficient (Wildman–Crippen LogP) is 1.95. The molecule has 0 saturated carbocycles. The molecule has 1 aliphatic rings. The Morgan fingerprint density at radius 1 is 1.41 bits per heavy atom. The summed E-state index contributed by atoms with van der Waals surface area (Å²) in [6, 6.07) is 4.38. The molecule has 0 spiro atoms. The minimum absolute atomic E-state index is 0.286. The largest absolute Gasteiger partial charge is 0.396 e. The Morgan fingerprint density at radius 3 is 2.94 bits per heavy atom. The summed E-state index contributed by atoms with van der Waals surface area (Å²) in [7, 11) is 0. The smallest absolute Gasteiger partial charge is 0.0464 e. The Bertz CT molecular complexity index is 376. The minimum Gasteiger partial charge on any atom is -0.396 e. The van der Waals surface area contributed by atoms with Crippen molar-refractivity contribution in [3.05, 3.63) is 29.1 Å². The number of pyridine rings is 1. The van der Waals surface area contributed by atoms with Gasteiger partial charge in [0.05, 0.1) is 0 Å². The van der Waals surface area contributed by atoms with E-state index < -0.39 is 0 Å². The van der Waals surface area contributed by atoms with Gasteiger partial charge < -0.3 is 5.11 Å². The van der Waals surface area contributed by atoms with Gasteiger partial charge in [0.15, 0.2) is 0 Å². The molecule has 3 heteroatoms. The Hall–Kier alpha value is -0.930. The molecule has 0 aliphatic carbocycles. The average molecular weight is 234 g/mol. The Morgan fingerprint density at radius 2 is 2.24 bits per heavy atom. The molecule has 17 heavy (non-hydrogen) atoms. The van der Waals surface area contributed by atoms with E-state index in [0.29, 0.717) is 5.92 Å². The summed E-state index contributed by atoms with van der Waals surface area (Å²) in [5.74, 6) is 0.507. The first kappa shape index (κ1) is 12.5. The topological polar surface area (TPSA) is 36.4 Å². The number of fused-ring (bicyclic) bond motifs is 1. The lowest BCUT2D eigenvalue weighted by Crippen LogP contribution is -2.32. The maximum absolute atomic E-state index is 8.85. The number of aliphatic hydroxyl groups is 1. The Balaban J connectivity index is 2.06. The maximum Gasteiger partial charge on any atom is 0.0464 e. The van der Waals surface area contributed by atoms with Crippen LogP contribution >= 0.6 is 0 Å². The molecule has 2 rings (SSSR count). The van der Waals surface area contributed by atoms with Gasteiger partial charge in [0.25, 0.3) is 0 Å². The first-order chi connectivity index (χ1) is 8.20. The second kappa shape index (κ2) is 5.61. The molecule has 1 aromatic rings. The van der Waals surface area contributed by atoms with Crippen LogP contribution < -0.4 is 0 Å². The lowest BCUT2D eigenvalue weighted by atomic mass is 10.0. The molecule has 3 nitrogen and oxygen atoms in total. The van der Waals surface area contributed by atoms with E-state index in [-0.39, 0.29) is 6.61 Å². The van der Waals surface area contributed by atoms with Crippen molar-refractivity contribution in [1.29, 1.82) is 0 Å². The fourth-order valence-electron chi connectivity index (χ4n) is 2.30. The van der Waals surface area contributed by atoms with Crippen LogP contribution in [0, 0.1) is 0 Å². The zero-order valence-electron chi connectivity index (χ0n) is 10.8. The van der Waals surface area contributed by atoms with Gasteiger partial charge in [-0.05, 0) is 24.0 Å². The highest BCUT2D eigenvalue weighted by atomic mass is 16.3. The van der Waals surface area contributed by atoms with E-state index in [9.17, 15) is 0 Å². The van der Waals surface area contributed by atoms with Crippen molar-refractivity contribution < 1.29 is 5.11 Å². The lowest BCUT2D eigenvalue weighted by Gasteiger charge is -2.28. The van der Waals surface area contributed by atoms with Crippen molar-refractivity contribution in [3.63, 3.8) is 0 Å². The van der Waals surface area contributed by atoms with Crippen LogP contribution in [0.5, 0.6) is 0 Å². The van der Waals surface area contributed by atoms with Crippen molar-refractivity contribution >= 4 is 0 Å². The second-order valence-electron chi connectivity index (χ2n) is 5.10. The van der Waals surface area contributed by atoms with Crippen molar-refractivity contribution in [2.75, 3.05) is 19.7 Å².